The molecule has 0 saturated heterocycles. The number of carbonyl (C=O) groups excluding carboxylic acids is 1. The second-order valence-corrected chi connectivity index (χ2v) is 4.68. The lowest BCUT2D eigenvalue weighted by atomic mass is 10.0. The van der Waals surface area contributed by atoms with E-state index in [9.17, 15) is 14.7 Å². The summed E-state index contributed by atoms with van der Waals surface area (Å²) in [5.41, 5.74) is -1.43. The molecule has 5 nitrogen and oxygen atoms in total. The Bertz CT molecular complexity index is 372. The summed E-state index contributed by atoms with van der Waals surface area (Å²) in [5.74, 6) is -1.41. The zero-order valence-corrected chi connectivity index (χ0v) is 9.58. The highest BCUT2D eigenvalue weighted by atomic mass is 32.1. The number of carbonyl (C=O) groups is 2. The number of thiophene rings is 1. The smallest absolute Gasteiger partial charge is 0.306 e. The first kappa shape index (κ1) is 12.7. The molecule has 0 aliphatic heterocycles. The molecule has 1 rings (SSSR count). The van der Waals surface area contributed by atoms with Crippen molar-refractivity contribution in [3.8, 4) is 0 Å². The lowest BCUT2D eigenvalue weighted by molar-refractivity contribution is -0.141. The molecule has 0 aromatic carbocycles. The molecule has 1 heterocycles. The average molecular weight is 243 g/mol. The zero-order valence-electron chi connectivity index (χ0n) is 8.77. The van der Waals surface area contributed by atoms with Crippen LogP contribution in [0.2, 0.25) is 0 Å². The van der Waals surface area contributed by atoms with Gasteiger partial charge in [0.05, 0.1) is 16.9 Å². The fourth-order valence-electron chi connectivity index (χ4n) is 1.15. The van der Waals surface area contributed by atoms with E-state index < -0.39 is 18.0 Å². The van der Waals surface area contributed by atoms with Gasteiger partial charge in [-0.1, -0.05) is 6.07 Å². The Kier molecular flexibility index (Phi) is 4.03. The Morgan fingerprint density at radius 1 is 1.56 bits per heavy atom. The van der Waals surface area contributed by atoms with Gasteiger partial charge >= 0.3 is 5.97 Å². The topological polar surface area (TPSA) is 86.6 Å². The van der Waals surface area contributed by atoms with Crippen molar-refractivity contribution in [2.45, 2.75) is 18.9 Å². The summed E-state index contributed by atoms with van der Waals surface area (Å²) in [7, 11) is 0. The molecule has 16 heavy (non-hydrogen) atoms. The minimum Gasteiger partial charge on any atom is -0.481 e. The summed E-state index contributed by atoms with van der Waals surface area (Å²) in [4.78, 5) is 22.4. The molecule has 0 fully saturated rings. The van der Waals surface area contributed by atoms with Gasteiger partial charge in [0.25, 0.3) is 5.91 Å². The van der Waals surface area contributed by atoms with Crippen LogP contribution in [-0.2, 0) is 4.79 Å². The monoisotopic (exact) mass is 243 g/mol. The van der Waals surface area contributed by atoms with Gasteiger partial charge in [-0.15, -0.1) is 11.3 Å². The number of aliphatic carboxylic acids is 1. The van der Waals surface area contributed by atoms with Gasteiger partial charge in [-0.25, -0.2) is 0 Å². The van der Waals surface area contributed by atoms with Crippen molar-refractivity contribution in [3.05, 3.63) is 22.4 Å². The van der Waals surface area contributed by atoms with Crippen molar-refractivity contribution in [3.63, 3.8) is 0 Å². The summed E-state index contributed by atoms with van der Waals surface area (Å²) in [5, 5.41) is 22.4. The second kappa shape index (κ2) is 5.09. The molecule has 88 valence electrons. The van der Waals surface area contributed by atoms with Crippen LogP contribution in [0.1, 0.15) is 23.0 Å². The van der Waals surface area contributed by atoms with Crippen LogP contribution in [-0.4, -0.2) is 34.2 Å². The number of hydrogen-bond donors (Lipinski definition) is 3. The molecule has 1 amide bonds. The summed E-state index contributed by atoms with van der Waals surface area (Å²) < 4.78 is 0. The third-order valence-electron chi connectivity index (χ3n) is 1.91. The van der Waals surface area contributed by atoms with Gasteiger partial charge in [-0.2, -0.15) is 0 Å². The molecule has 3 N–H and O–H groups in total. The highest BCUT2D eigenvalue weighted by Crippen LogP contribution is 2.10. The van der Waals surface area contributed by atoms with E-state index in [1.54, 1.807) is 17.5 Å². The molecule has 0 bridgehead atoms. The van der Waals surface area contributed by atoms with Crippen molar-refractivity contribution < 1.29 is 19.8 Å². The normalized spacial score (nSPS) is 14.1. The molecule has 0 saturated carbocycles. The van der Waals surface area contributed by atoms with E-state index in [1.165, 1.54) is 18.3 Å². The molecule has 1 aromatic rings. The van der Waals surface area contributed by atoms with E-state index in [2.05, 4.69) is 5.32 Å². The quantitative estimate of drug-likeness (QED) is 0.710. The summed E-state index contributed by atoms with van der Waals surface area (Å²) >= 11 is 1.29. The molecule has 6 heteroatoms. The van der Waals surface area contributed by atoms with Gasteiger partial charge in [0, 0.05) is 6.54 Å². The van der Waals surface area contributed by atoms with Crippen LogP contribution >= 0.6 is 11.3 Å². The van der Waals surface area contributed by atoms with Crippen LogP contribution in [0, 0.1) is 0 Å². The van der Waals surface area contributed by atoms with Crippen molar-refractivity contribution >= 4 is 23.2 Å². The highest BCUT2D eigenvalue weighted by Gasteiger charge is 2.25. The van der Waals surface area contributed by atoms with E-state index in [0.717, 1.165) is 0 Å². The Hall–Kier alpha value is -1.40. The lowest BCUT2D eigenvalue weighted by Crippen LogP contribution is -2.41. The minimum atomic E-state index is -1.43. The number of carboxylic acids is 1. The first-order chi connectivity index (χ1) is 7.41. The Morgan fingerprint density at radius 3 is 2.75 bits per heavy atom. The average Bonchev–Trinajstić information content (AvgIpc) is 2.64. The third kappa shape index (κ3) is 4.00. The molecule has 1 aromatic heterocycles. The maximum atomic E-state index is 11.5. The molecular weight excluding hydrogens is 230 g/mol. The van der Waals surface area contributed by atoms with Crippen molar-refractivity contribution in [1.82, 2.24) is 5.32 Å². The Labute approximate surface area is 96.7 Å². The zero-order chi connectivity index (χ0) is 12.2. The highest BCUT2D eigenvalue weighted by molar-refractivity contribution is 7.12. The number of amides is 1. The van der Waals surface area contributed by atoms with Crippen LogP contribution in [0.25, 0.3) is 0 Å². The molecule has 0 aliphatic carbocycles. The van der Waals surface area contributed by atoms with Crippen LogP contribution in [0.4, 0.5) is 0 Å². The Morgan fingerprint density at radius 2 is 2.25 bits per heavy atom. The van der Waals surface area contributed by atoms with Crippen molar-refractivity contribution in [2.75, 3.05) is 6.54 Å². The van der Waals surface area contributed by atoms with Crippen LogP contribution in [0.5, 0.6) is 0 Å². The van der Waals surface area contributed by atoms with Crippen LogP contribution in [0.15, 0.2) is 17.5 Å². The van der Waals surface area contributed by atoms with Crippen LogP contribution < -0.4 is 5.32 Å². The molecule has 0 radical (unpaired) electrons. The predicted octanol–water partition coefficient (Wildman–Crippen LogP) is 0.704. The van der Waals surface area contributed by atoms with Gasteiger partial charge < -0.3 is 15.5 Å². The summed E-state index contributed by atoms with van der Waals surface area (Å²) in [6.07, 6.45) is -0.405. The summed E-state index contributed by atoms with van der Waals surface area (Å²) in [6.45, 7) is 1.28. The number of rotatable bonds is 5. The largest absolute Gasteiger partial charge is 0.481 e. The number of carboxylic acid groups (broad SMARTS) is 1. The van der Waals surface area contributed by atoms with Gasteiger partial charge in [-0.05, 0) is 18.4 Å². The predicted molar refractivity (Wildman–Crippen MR) is 59.5 cm³/mol. The SMILES string of the molecule is CC(O)(CNC(=O)c1cccs1)CC(=O)O. The molecule has 1 atom stereocenters. The lowest BCUT2D eigenvalue weighted by Gasteiger charge is -2.21. The van der Waals surface area contributed by atoms with Crippen molar-refractivity contribution in [1.29, 1.82) is 0 Å². The van der Waals surface area contributed by atoms with Gasteiger partial charge in [0.15, 0.2) is 0 Å². The van der Waals surface area contributed by atoms with Crippen LogP contribution in [0.3, 0.4) is 0 Å². The second-order valence-electron chi connectivity index (χ2n) is 3.73. The first-order valence-corrected chi connectivity index (χ1v) is 5.54. The standard InChI is InChI=1S/C10H13NO4S/c1-10(15,5-8(12)13)6-11-9(14)7-3-2-4-16-7/h2-4,15H,5-6H2,1H3,(H,11,14)(H,12,13). The van der Waals surface area contributed by atoms with E-state index in [4.69, 9.17) is 5.11 Å². The Balaban J connectivity index is 2.45. The molecule has 0 aliphatic rings. The fourth-order valence-corrected chi connectivity index (χ4v) is 1.79. The third-order valence-corrected chi connectivity index (χ3v) is 2.78. The first-order valence-electron chi connectivity index (χ1n) is 4.66. The van der Waals surface area contributed by atoms with Gasteiger partial charge in [0.1, 0.15) is 0 Å². The maximum absolute atomic E-state index is 11.5. The van der Waals surface area contributed by atoms with Gasteiger partial charge in [0.2, 0.25) is 0 Å². The number of hydrogen-bond acceptors (Lipinski definition) is 4. The molecule has 1 unspecified atom stereocenters. The minimum absolute atomic E-state index is 0.0873. The number of nitrogens with one attached hydrogen (secondary N) is 1. The maximum Gasteiger partial charge on any atom is 0.306 e. The summed E-state index contributed by atoms with van der Waals surface area (Å²) in [6, 6.07) is 3.40. The van der Waals surface area contributed by atoms with E-state index in [1.807, 2.05) is 0 Å². The van der Waals surface area contributed by atoms with E-state index >= 15 is 0 Å². The van der Waals surface area contributed by atoms with Gasteiger partial charge in [-0.3, -0.25) is 9.59 Å². The van der Waals surface area contributed by atoms with E-state index in [0.29, 0.717) is 4.88 Å². The molecule has 0 spiro atoms. The fraction of sp³-hybridized carbons (Fsp3) is 0.400. The van der Waals surface area contributed by atoms with Crippen molar-refractivity contribution in [2.24, 2.45) is 0 Å². The molecular formula is C10H13NO4S. The number of aliphatic hydroxyl groups is 1. The van der Waals surface area contributed by atoms with E-state index in [-0.39, 0.29) is 12.5 Å².